The highest BCUT2D eigenvalue weighted by Gasteiger charge is 2.07. The average molecular weight is 248 g/mol. The summed E-state index contributed by atoms with van der Waals surface area (Å²) < 4.78 is 13.3. The van der Waals surface area contributed by atoms with Gasteiger partial charge in [-0.2, -0.15) is 0 Å². The lowest BCUT2D eigenvalue weighted by molar-refractivity contribution is -0.120. The molecule has 3 heteroatoms. The number of carbonyl (C=O) groups is 2. The van der Waals surface area contributed by atoms with Gasteiger partial charge in [0.05, 0.1) is 0 Å². The second-order valence-electron chi connectivity index (χ2n) is 4.30. The maximum atomic E-state index is 13.3. The largest absolute Gasteiger partial charge is 0.295 e. The first-order valence-electron chi connectivity index (χ1n) is 5.95. The number of hydrogen-bond acceptors (Lipinski definition) is 2. The molecule has 96 valence electrons. The van der Waals surface area contributed by atoms with Crippen LogP contribution in [0, 0.1) is 0 Å². The molecule has 0 aromatic rings. The van der Waals surface area contributed by atoms with Crippen LogP contribution in [0.2, 0.25) is 0 Å². The van der Waals surface area contributed by atoms with Crippen molar-refractivity contribution in [1.29, 1.82) is 0 Å². The molecule has 1 aliphatic rings. The minimum Gasteiger partial charge on any atom is -0.295 e. The summed E-state index contributed by atoms with van der Waals surface area (Å²) in [7, 11) is 0. The molecule has 0 N–H and O–H groups in total. The van der Waals surface area contributed by atoms with E-state index in [0.717, 1.165) is 0 Å². The van der Waals surface area contributed by atoms with E-state index < -0.39 is 0 Å². The van der Waals surface area contributed by atoms with E-state index in [0.29, 0.717) is 24.0 Å². The van der Waals surface area contributed by atoms with Crippen LogP contribution in [0.25, 0.3) is 0 Å². The van der Waals surface area contributed by atoms with Gasteiger partial charge in [0.2, 0.25) is 0 Å². The second-order valence-corrected chi connectivity index (χ2v) is 4.30. The lowest BCUT2D eigenvalue weighted by atomic mass is 10.0. The molecule has 0 spiro atoms. The normalized spacial score (nSPS) is 15.2. The van der Waals surface area contributed by atoms with Gasteiger partial charge in [-0.3, -0.25) is 9.59 Å². The molecule has 0 amide bonds. The van der Waals surface area contributed by atoms with Gasteiger partial charge in [0, 0.05) is 24.8 Å². The fraction of sp³-hybridized carbons (Fsp3) is 0.333. The van der Waals surface area contributed by atoms with E-state index >= 15 is 0 Å². The first-order chi connectivity index (χ1) is 8.50. The summed E-state index contributed by atoms with van der Waals surface area (Å²) in [6.45, 7) is 5.14. The van der Waals surface area contributed by atoms with Gasteiger partial charge < -0.3 is 0 Å². The number of halogens is 1. The van der Waals surface area contributed by atoms with Crippen molar-refractivity contribution in [3.05, 3.63) is 47.9 Å². The third-order valence-corrected chi connectivity index (χ3v) is 2.66. The standard InChI is InChI=1S/C15H17FO2/c1-11(2)15(18)10-9-13(17)8-7-12-5-3-4-6-14(12)16/h3,5,7-8H,1,4,6,9-10H2,2H3/b8-7+. The smallest absolute Gasteiger partial charge is 0.158 e. The molecule has 0 radical (unpaired) electrons. The van der Waals surface area contributed by atoms with E-state index in [9.17, 15) is 14.0 Å². The molecule has 0 unspecified atom stereocenters. The quantitative estimate of drug-likeness (QED) is 0.673. The Bertz CT molecular complexity index is 453. The van der Waals surface area contributed by atoms with Gasteiger partial charge in [0.1, 0.15) is 5.83 Å². The van der Waals surface area contributed by atoms with Gasteiger partial charge in [0.25, 0.3) is 0 Å². The zero-order valence-corrected chi connectivity index (χ0v) is 10.5. The van der Waals surface area contributed by atoms with Crippen molar-refractivity contribution in [3.8, 4) is 0 Å². The van der Waals surface area contributed by atoms with Crippen LogP contribution in [-0.2, 0) is 9.59 Å². The number of ketones is 2. The summed E-state index contributed by atoms with van der Waals surface area (Å²) in [4.78, 5) is 22.7. The van der Waals surface area contributed by atoms with E-state index in [1.165, 1.54) is 12.2 Å². The van der Waals surface area contributed by atoms with E-state index in [1.807, 2.05) is 6.08 Å². The van der Waals surface area contributed by atoms with Crippen molar-refractivity contribution in [3.63, 3.8) is 0 Å². The molecule has 0 heterocycles. The molecule has 2 nitrogen and oxygen atoms in total. The van der Waals surface area contributed by atoms with Crippen molar-refractivity contribution >= 4 is 11.6 Å². The van der Waals surface area contributed by atoms with Crippen LogP contribution in [0.1, 0.15) is 32.6 Å². The monoisotopic (exact) mass is 248 g/mol. The Kier molecular flexibility index (Phi) is 5.43. The zero-order chi connectivity index (χ0) is 13.5. The third-order valence-electron chi connectivity index (χ3n) is 2.66. The van der Waals surface area contributed by atoms with Gasteiger partial charge in [0.15, 0.2) is 11.6 Å². The minimum atomic E-state index is -0.195. The Balaban J connectivity index is 2.48. The Morgan fingerprint density at radius 1 is 1.44 bits per heavy atom. The maximum Gasteiger partial charge on any atom is 0.158 e. The van der Waals surface area contributed by atoms with Crippen molar-refractivity contribution in [2.45, 2.75) is 32.6 Å². The summed E-state index contributed by atoms with van der Waals surface area (Å²) >= 11 is 0. The fourth-order valence-electron chi connectivity index (χ4n) is 1.52. The first kappa shape index (κ1) is 14.3. The van der Waals surface area contributed by atoms with E-state index in [4.69, 9.17) is 0 Å². The predicted octanol–water partition coefficient (Wildman–Crippen LogP) is 3.61. The summed E-state index contributed by atoms with van der Waals surface area (Å²) in [6, 6.07) is 0. The van der Waals surface area contributed by atoms with Crippen LogP contribution in [0.3, 0.4) is 0 Å². The maximum absolute atomic E-state index is 13.3. The highest BCUT2D eigenvalue weighted by Crippen LogP contribution is 2.20. The van der Waals surface area contributed by atoms with Gasteiger partial charge in [-0.05, 0) is 31.1 Å². The lowest BCUT2D eigenvalue weighted by Crippen LogP contribution is -2.02. The van der Waals surface area contributed by atoms with Crippen molar-refractivity contribution in [2.75, 3.05) is 0 Å². The molecular formula is C15H17FO2. The van der Waals surface area contributed by atoms with Crippen LogP contribution in [0.5, 0.6) is 0 Å². The molecule has 0 aliphatic heterocycles. The molecule has 0 aromatic heterocycles. The Morgan fingerprint density at radius 2 is 2.17 bits per heavy atom. The van der Waals surface area contributed by atoms with Gasteiger partial charge in [-0.15, -0.1) is 0 Å². The fourth-order valence-corrected chi connectivity index (χ4v) is 1.52. The van der Waals surface area contributed by atoms with Crippen LogP contribution >= 0.6 is 0 Å². The van der Waals surface area contributed by atoms with Crippen LogP contribution in [0.4, 0.5) is 4.39 Å². The summed E-state index contributed by atoms with van der Waals surface area (Å²) in [5.41, 5.74) is 0.900. The van der Waals surface area contributed by atoms with Gasteiger partial charge in [-0.1, -0.05) is 18.7 Å². The van der Waals surface area contributed by atoms with Crippen LogP contribution < -0.4 is 0 Å². The SMILES string of the molecule is C=C(C)C(=O)CCC(=O)/C=C/C1=C(F)CCC=C1. The van der Waals surface area contributed by atoms with Gasteiger partial charge >= 0.3 is 0 Å². The Labute approximate surface area is 107 Å². The Morgan fingerprint density at radius 3 is 2.78 bits per heavy atom. The molecule has 0 atom stereocenters. The highest BCUT2D eigenvalue weighted by atomic mass is 19.1. The predicted molar refractivity (Wildman–Crippen MR) is 69.7 cm³/mol. The first-order valence-corrected chi connectivity index (χ1v) is 5.95. The molecular weight excluding hydrogens is 231 g/mol. The Hall–Kier alpha value is -1.77. The van der Waals surface area contributed by atoms with Crippen molar-refractivity contribution in [1.82, 2.24) is 0 Å². The van der Waals surface area contributed by atoms with Crippen molar-refractivity contribution in [2.24, 2.45) is 0 Å². The number of hydrogen-bond donors (Lipinski definition) is 0. The minimum absolute atomic E-state index is 0.111. The number of Topliss-reactive ketones (excluding diaryl/α,β-unsaturated/α-hetero) is 1. The van der Waals surface area contributed by atoms with Crippen molar-refractivity contribution < 1.29 is 14.0 Å². The molecule has 0 saturated carbocycles. The second kappa shape index (κ2) is 6.84. The van der Waals surface area contributed by atoms with Gasteiger partial charge in [-0.25, -0.2) is 4.39 Å². The number of rotatable bonds is 6. The lowest BCUT2D eigenvalue weighted by Gasteiger charge is -2.04. The average Bonchev–Trinajstić information content (AvgIpc) is 2.34. The number of allylic oxidation sites excluding steroid dienone is 7. The summed E-state index contributed by atoms with van der Waals surface area (Å²) in [6.07, 6.45) is 7.73. The number of carbonyl (C=O) groups excluding carboxylic acids is 2. The molecule has 0 bridgehead atoms. The summed E-state index contributed by atoms with van der Waals surface area (Å²) in [5.74, 6) is -0.483. The molecule has 0 aromatic carbocycles. The molecule has 1 aliphatic carbocycles. The molecule has 1 rings (SSSR count). The van der Waals surface area contributed by atoms with E-state index in [1.54, 1.807) is 13.0 Å². The molecule has 18 heavy (non-hydrogen) atoms. The highest BCUT2D eigenvalue weighted by molar-refractivity contribution is 5.98. The third kappa shape index (κ3) is 4.62. The van der Waals surface area contributed by atoms with Crippen LogP contribution in [0.15, 0.2) is 47.9 Å². The van der Waals surface area contributed by atoms with E-state index in [-0.39, 0.29) is 30.2 Å². The van der Waals surface area contributed by atoms with E-state index in [2.05, 4.69) is 6.58 Å². The summed E-state index contributed by atoms with van der Waals surface area (Å²) in [5, 5.41) is 0. The zero-order valence-electron chi connectivity index (χ0n) is 10.5. The molecule has 0 saturated heterocycles. The molecule has 0 fully saturated rings. The van der Waals surface area contributed by atoms with Crippen LogP contribution in [-0.4, -0.2) is 11.6 Å². The topological polar surface area (TPSA) is 34.1 Å².